The Morgan fingerprint density at radius 3 is 1.84 bits per heavy atom. The minimum Gasteiger partial charge on any atom is -0.493 e. The normalized spacial score (nSPS) is 13.5. The monoisotopic (exact) mass is 805 g/mol. The van der Waals surface area contributed by atoms with Crippen molar-refractivity contribution in [1.82, 2.24) is 9.88 Å². The van der Waals surface area contributed by atoms with Crippen molar-refractivity contribution < 1.29 is 37.9 Å². The first-order valence-electron chi connectivity index (χ1n) is 18.0. The Bertz CT molecular complexity index is 2040. The SMILES string of the molecule is COc1cc(-c2cccc(CN(c3ccc4c(c3)OCO4)C3CCN(Cc4ccnc(-c5cc(OC)c(OC)c(OC)c5)c4)CC3)c2)cc(OC)c1OC.Cl.Cl. The maximum Gasteiger partial charge on any atom is 0.231 e. The zero-order valence-electron chi connectivity index (χ0n) is 32.5. The molecule has 11 nitrogen and oxygen atoms in total. The number of rotatable bonds is 14. The number of ether oxygens (including phenoxy) is 8. The van der Waals surface area contributed by atoms with E-state index in [9.17, 15) is 0 Å². The Labute approximate surface area is 341 Å². The van der Waals surface area contributed by atoms with Crippen molar-refractivity contribution in [3.8, 4) is 68.4 Å². The van der Waals surface area contributed by atoms with Crippen molar-refractivity contribution >= 4 is 30.5 Å². The minimum absolute atomic E-state index is 0. The minimum atomic E-state index is 0. The van der Waals surface area contributed by atoms with Crippen LogP contribution in [-0.2, 0) is 13.1 Å². The molecule has 56 heavy (non-hydrogen) atoms. The highest BCUT2D eigenvalue weighted by molar-refractivity contribution is 5.85. The molecule has 298 valence electrons. The van der Waals surface area contributed by atoms with E-state index in [-0.39, 0.29) is 31.6 Å². The number of pyridine rings is 1. The maximum atomic E-state index is 5.81. The summed E-state index contributed by atoms with van der Waals surface area (Å²) in [4.78, 5) is 9.72. The van der Waals surface area contributed by atoms with Gasteiger partial charge in [0.15, 0.2) is 34.5 Å². The maximum absolute atomic E-state index is 5.81. The number of benzene rings is 4. The standard InChI is InChI=1S/C43H47N3O8.2ClH/c1-47-38-20-31(21-39(48-2)42(38)51-5)30-9-7-8-28(18-30)26-46(34-10-11-36-37(24-34)54-27-53-36)33-13-16-45(17-14-33)25-29-12-15-44-35(19-29)32-22-40(49-3)43(52-6)41(23-32)50-4;;/h7-12,15,18-24,33H,13-14,16-17,25-27H2,1-6H3;2*1H. The molecule has 2 aliphatic heterocycles. The number of anilines is 1. The van der Waals surface area contributed by atoms with Gasteiger partial charge in [-0.05, 0) is 89.7 Å². The average molecular weight is 807 g/mol. The van der Waals surface area contributed by atoms with Crippen LogP contribution in [-0.4, -0.2) is 78.5 Å². The van der Waals surface area contributed by atoms with Crippen molar-refractivity contribution in [1.29, 1.82) is 0 Å². The average Bonchev–Trinajstić information content (AvgIpc) is 3.70. The summed E-state index contributed by atoms with van der Waals surface area (Å²) < 4.78 is 45.0. The Balaban J connectivity index is 0.00000300. The Kier molecular flexibility index (Phi) is 14.3. The predicted octanol–water partition coefficient (Wildman–Crippen LogP) is 8.71. The third-order valence-corrected chi connectivity index (χ3v) is 10.2. The summed E-state index contributed by atoms with van der Waals surface area (Å²) in [6, 6.07) is 27.3. The highest BCUT2D eigenvalue weighted by Gasteiger charge is 2.27. The quantitative estimate of drug-likeness (QED) is 0.108. The zero-order chi connectivity index (χ0) is 37.6. The molecule has 0 spiro atoms. The van der Waals surface area contributed by atoms with Gasteiger partial charge in [-0.2, -0.15) is 0 Å². The highest BCUT2D eigenvalue weighted by Crippen LogP contribution is 2.43. The van der Waals surface area contributed by atoms with E-state index in [2.05, 4.69) is 63.3 Å². The van der Waals surface area contributed by atoms with E-state index >= 15 is 0 Å². The molecule has 0 saturated carbocycles. The summed E-state index contributed by atoms with van der Waals surface area (Å²) in [5, 5.41) is 0. The van der Waals surface area contributed by atoms with Crippen molar-refractivity contribution in [2.24, 2.45) is 0 Å². The van der Waals surface area contributed by atoms with Crippen LogP contribution in [0, 0.1) is 0 Å². The van der Waals surface area contributed by atoms with Crippen LogP contribution in [0.5, 0.6) is 46.0 Å². The largest absolute Gasteiger partial charge is 0.493 e. The summed E-state index contributed by atoms with van der Waals surface area (Å²) >= 11 is 0. The fraction of sp³-hybridized carbons (Fsp3) is 0.326. The van der Waals surface area contributed by atoms with Gasteiger partial charge < -0.3 is 42.8 Å². The van der Waals surface area contributed by atoms with E-state index in [0.29, 0.717) is 40.5 Å². The van der Waals surface area contributed by atoms with Crippen LogP contribution in [0.2, 0.25) is 0 Å². The van der Waals surface area contributed by atoms with Crippen LogP contribution >= 0.6 is 24.8 Å². The molecule has 13 heteroatoms. The molecule has 2 aliphatic rings. The molecule has 5 aromatic rings. The number of nitrogens with zero attached hydrogens (tertiary/aromatic N) is 3. The first-order valence-corrected chi connectivity index (χ1v) is 18.0. The molecule has 0 bridgehead atoms. The summed E-state index contributed by atoms with van der Waals surface area (Å²) in [6.07, 6.45) is 3.88. The summed E-state index contributed by atoms with van der Waals surface area (Å²) in [5.41, 5.74) is 7.30. The van der Waals surface area contributed by atoms with Crippen LogP contribution in [0.1, 0.15) is 24.0 Å². The number of hydrogen-bond acceptors (Lipinski definition) is 11. The summed E-state index contributed by atoms with van der Waals surface area (Å²) in [7, 11) is 9.74. The first kappa shape index (κ1) is 41.9. The van der Waals surface area contributed by atoms with Gasteiger partial charge in [0, 0.05) is 55.7 Å². The molecule has 0 amide bonds. The molecule has 4 aromatic carbocycles. The van der Waals surface area contributed by atoms with E-state index < -0.39 is 0 Å². The number of piperidine rings is 1. The lowest BCUT2D eigenvalue weighted by Crippen LogP contribution is -2.44. The molecule has 0 unspecified atom stereocenters. The lowest BCUT2D eigenvalue weighted by atomic mass is 9.98. The number of methoxy groups -OCH3 is 6. The van der Waals surface area contributed by atoms with E-state index in [0.717, 1.165) is 78.6 Å². The zero-order valence-corrected chi connectivity index (χ0v) is 34.2. The lowest BCUT2D eigenvalue weighted by molar-refractivity contribution is 0.174. The number of hydrogen-bond donors (Lipinski definition) is 0. The number of halogens is 2. The van der Waals surface area contributed by atoms with Crippen molar-refractivity contribution in [2.75, 3.05) is 67.4 Å². The highest BCUT2D eigenvalue weighted by atomic mass is 35.5. The molecular weight excluding hydrogens is 757 g/mol. The molecule has 7 rings (SSSR count). The van der Waals surface area contributed by atoms with Crippen LogP contribution in [0.15, 0.2) is 85.1 Å². The van der Waals surface area contributed by atoms with Gasteiger partial charge in [-0.25, -0.2) is 0 Å². The van der Waals surface area contributed by atoms with Crippen LogP contribution in [0.3, 0.4) is 0 Å². The Morgan fingerprint density at radius 2 is 1.23 bits per heavy atom. The number of aromatic nitrogens is 1. The molecule has 1 aromatic heterocycles. The van der Waals surface area contributed by atoms with E-state index in [1.165, 1.54) is 11.1 Å². The van der Waals surface area contributed by atoms with Gasteiger partial charge in [0.25, 0.3) is 0 Å². The van der Waals surface area contributed by atoms with Crippen molar-refractivity contribution in [3.05, 3.63) is 96.2 Å². The van der Waals surface area contributed by atoms with Gasteiger partial charge in [0.2, 0.25) is 18.3 Å². The van der Waals surface area contributed by atoms with Gasteiger partial charge in [0.05, 0.1) is 48.4 Å². The molecular formula is C43H49Cl2N3O8. The van der Waals surface area contributed by atoms with E-state index in [1.54, 1.807) is 42.7 Å². The second-order valence-electron chi connectivity index (χ2n) is 13.3. The smallest absolute Gasteiger partial charge is 0.231 e. The van der Waals surface area contributed by atoms with E-state index in [4.69, 9.17) is 37.9 Å². The molecule has 1 saturated heterocycles. The fourth-order valence-corrected chi connectivity index (χ4v) is 7.40. The lowest BCUT2D eigenvalue weighted by Gasteiger charge is -2.40. The molecule has 0 radical (unpaired) electrons. The molecule has 0 atom stereocenters. The van der Waals surface area contributed by atoms with Crippen LogP contribution in [0.4, 0.5) is 5.69 Å². The van der Waals surface area contributed by atoms with Gasteiger partial charge >= 0.3 is 0 Å². The topological polar surface area (TPSA) is 93.2 Å². The second-order valence-corrected chi connectivity index (χ2v) is 13.3. The summed E-state index contributed by atoms with van der Waals surface area (Å²) in [6.45, 7) is 3.71. The van der Waals surface area contributed by atoms with Crippen LogP contribution < -0.4 is 42.8 Å². The number of likely N-dealkylation sites (tertiary alicyclic amines) is 1. The van der Waals surface area contributed by atoms with Crippen molar-refractivity contribution in [2.45, 2.75) is 32.0 Å². The molecule has 3 heterocycles. The van der Waals surface area contributed by atoms with Crippen LogP contribution in [0.25, 0.3) is 22.4 Å². The summed E-state index contributed by atoms with van der Waals surface area (Å²) in [5.74, 6) is 5.13. The molecule has 0 aliphatic carbocycles. The molecule has 0 N–H and O–H groups in total. The number of fused-ring (bicyclic) bond motifs is 1. The van der Waals surface area contributed by atoms with Crippen molar-refractivity contribution in [3.63, 3.8) is 0 Å². The van der Waals surface area contributed by atoms with Gasteiger partial charge in [0.1, 0.15) is 0 Å². The Morgan fingerprint density at radius 1 is 0.625 bits per heavy atom. The first-order chi connectivity index (χ1) is 26.4. The second kappa shape index (κ2) is 19.1. The van der Waals surface area contributed by atoms with Gasteiger partial charge in [-0.3, -0.25) is 9.88 Å². The predicted molar refractivity (Wildman–Crippen MR) is 222 cm³/mol. The Hall–Kier alpha value is -5.23. The van der Waals surface area contributed by atoms with E-state index in [1.807, 2.05) is 36.5 Å². The third-order valence-electron chi connectivity index (χ3n) is 10.2. The molecule has 1 fully saturated rings. The van der Waals surface area contributed by atoms with Gasteiger partial charge in [-0.1, -0.05) is 18.2 Å². The fourth-order valence-electron chi connectivity index (χ4n) is 7.40. The third kappa shape index (κ3) is 8.91. The van der Waals surface area contributed by atoms with Gasteiger partial charge in [-0.15, -0.1) is 24.8 Å².